The van der Waals surface area contributed by atoms with Gasteiger partial charge >= 0.3 is 0 Å². The number of hydrogen-bond acceptors (Lipinski definition) is 5. The zero-order valence-electron chi connectivity index (χ0n) is 20.1. The maximum atomic E-state index is 13.2. The number of aromatic nitrogens is 5. The molecule has 5 heterocycles. The van der Waals surface area contributed by atoms with Crippen molar-refractivity contribution in [3.8, 4) is 11.4 Å². The predicted molar refractivity (Wildman–Crippen MR) is 130 cm³/mol. The van der Waals surface area contributed by atoms with Crippen LogP contribution < -0.4 is 5.32 Å². The van der Waals surface area contributed by atoms with Gasteiger partial charge in [-0.3, -0.25) is 14.5 Å². The number of fused-ring (bicyclic) bond motifs is 1. The summed E-state index contributed by atoms with van der Waals surface area (Å²) in [5.74, 6) is -0.145. The highest BCUT2D eigenvalue weighted by Crippen LogP contribution is 2.28. The Morgan fingerprint density at radius 3 is 2.74 bits per heavy atom. The standard InChI is InChI=1S/C26H30N6O2/c1-26(2)16-34-12-9-23(26)29-25(33)22-14-18(19-7-10-31(3)24(19)28-22)13-17-5-6-20(27-15-17)21-8-11-32(4)30-21/h5-8,10-11,14-15,23H,9,12-13,16H2,1-4H3,(H,29,33). The van der Waals surface area contributed by atoms with Gasteiger partial charge in [-0.05, 0) is 48.2 Å². The van der Waals surface area contributed by atoms with Crippen LogP contribution in [0.15, 0.2) is 48.9 Å². The maximum absolute atomic E-state index is 13.2. The van der Waals surface area contributed by atoms with Crippen LogP contribution in [0, 0.1) is 5.41 Å². The molecule has 34 heavy (non-hydrogen) atoms. The van der Waals surface area contributed by atoms with Crippen LogP contribution in [0.2, 0.25) is 0 Å². The van der Waals surface area contributed by atoms with Crippen LogP contribution in [0.3, 0.4) is 0 Å². The third-order valence-electron chi connectivity index (χ3n) is 6.62. The first kappa shape index (κ1) is 22.3. The van der Waals surface area contributed by atoms with Gasteiger partial charge in [0.2, 0.25) is 0 Å². The zero-order chi connectivity index (χ0) is 23.9. The summed E-state index contributed by atoms with van der Waals surface area (Å²) < 4.78 is 9.33. The molecule has 1 unspecified atom stereocenters. The Kier molecular flexibility index (Phi) is 5.69. The number of carbonyl (C=O) groups excluding carboxylic acids is 1. The van der Waals surface area contributed by atoms with Gasteiger partial charge in [-0.2, -0.15) is 5.10 Å². The lowest BCUT2D eigenvalue weighted by molar-refractivity contribution is -0.0116. The lowest BCUT2D eigenvalue weighted by Crippen LogP contribution is -2.50. The van der Waals surface area contributed by atoms with Crippen LogP contribution in [0.1, 0.15) is 41.9 Å². The fraction of sp³-hybridized carbons (Fsp3) is 0.385. The highest BCUT2D eigenvalue weighted by Gasteiger charge is 2.34. The van der Waals surface area contributed by atoms with Crippen LogP contribution >= 0.6 is 0 Å². The van der Waals surface area contributed by atoms with E-state index in [1.807, 2.05) is 55.5 Å². The molecule has 5 rings (SSSR count). The quantitative estimate of drug-likeness (QED) is 0.495. The van der Waals surface area contributed by atoms with Gasteiger partial charge in [-0.15, -0.1) is 0 Å². The summed E-state index contributed by atoms with van der Waals surface area (Å²) in [6.07, 6.45) is 7.21. The highest BCUT2D eigenvalue weighted by atomic mass is 16.5. The summed E-state index contributed by atoms with van der Waals surface area (Å²) >= 11 is 0. The minimum absolute atomic E-state index is 0.0476. The molecule has 176 valence electrons. The van der Waals surface area contributed by atoms with Crippen LogP contribution in [-0.2, 0) is 25.3 Å². The average Bonchev–Trinajstić information content (AvgIpc) is 3.41. The Labute approximate surface area is 199 Å². The number of carbonyl (C=O) groups is 1. The molecule has 8 nitrogen and oxygen atoms in total. The second kappa shape index (κ2) is 8.68. The number of rotatable bonds is 5. The molecule has 1 fully saturated rings. The smallest absolute Gasteiger partial charge is 0.270 e. The fourth-order valence-electron chi connectivity index (χ4n) is 4.54. The number of nitrogens with zero attached hydrogens (tertiary/aromatic N) is 5. The second-order valence-electron chi connectivity index (χ2n) is 9.79. The van der Waals surface area contributed by atoms with Crippen LogP contribution in [0.5, 0.6) is 0 Å². The first-order valence-corrected chi connectivity index (χ1v) is 11.6. The van der Waals surface area contributed by atoms with E-state index in [4.69, 9.17) is 9.72 Å². The van der Waals surface area contributed by atoms with Crippen molar-refractivity contribution in [1.82, 2.24) is 29.6 Å². The molecular formula is C26H30N6O2. The molecule has 1 aliphatic rings. The van der Waals surface area contributed by atoms with Crippen molar-refractivity contribution in [1.29, 1.82) is 0 Å². The Hall–Kier alpha value is -3.52. The van der Waals surface area contributed by atoms with E-state index in [9.17, 15) is 4.79 Å². The van der Waals surface area contributed by atoms with Gasteiger partial charge in [0, 0.05) is 56.1 Å². The second-order valence-corrected chi connectivity index (χ2v) is 9.79. The Morgan fingerprint density at radius 1 is 1.18 bits per heavy atom. The molecule has 1 amide bonds. The molecule has 4 aromatic heterocycles. The third kappa shape index (κ3) is 4.33. The maximum Gasteiger partial charge on any atom is 0.270 e. The molecule has 0 radical (unpaired) electrons. The number of hydrogen-bond donors (Lipinski definition) is 1. The van der Waals surface area contributed by atoms with Crippen molar-refractivity contribution in [3.05, 3.63) is 65.7 Å². The van der Waals surface area contributed by atoms with E-state index in [2.05, 4.69) is 41.4 Å². The normalized spacial score (nSPS) is 17.7. The highest BCUT2D eigenvalue weighted by molar-refractivity contribution is 5.95. The summed E-state index contributed by atoms with van der Waals surface area (Å²) in [7, 11) is 3.84. The topological polar surface area (TPSA) is 86.9 Å². The molecule has 1 saturated heterocycles. The van der Waals surface area contributed by atoms with Crippen molar-refractivity contribution in [2.24, 2.45) is 19.5 Å². The van der Waals surface area contributed by atoms with Crippen LogP contribution in [0.25, 0.3) is 22.4 Å². The van der Waals surface area contributed by atoms with Crippen LogP contribution in [0.4, 0.5) is 0 Å². The van der Waals surface area contributed by atoms with Gasteiger partial charge in [0.15, 0.2) is 0 Å². The molecule has 0 aromatic carbocycles. The van der Waals surface area contributed by atoms with E-state index in [1.54, 1.807) is 4.68 Å². The van der Waals surface area contributed by atoms with Crippen molar-refractivity contribution in [3.63, 3.8) is 0 Å². The van der Waals surface area contributed by atoms with E-state index < -0.39 is 0 Å². The minimum atomic E-state index is -0.145. The van der Waals surface area contributed by atoms with E-state index in [1.165, 1.54) is 0 Å². The summed E-state index contributed by atoms with van der Waals surface area (Å²) in [5, 5.41) is 8.67. The largest absolute Gasteiger partial charge is 0.381 e. The number of pyridine rings is 2. The van der Waals surface area contributed by atoms with E-state index in [-0.39, 0.29) is 17.4 Å². The zero-order valence-corrected chi connectivity index (χ0v) is 20.1. The molecule has 8 heteroatoms. The summed E-state index contributed by atoms with van der Waals surface area (Å²) in [6.45, 7) is 5.54. The Balaban J connectivity index is 1.42. The van der Waals surface area contributed by atoms with Gasteiger partial charge in [0.25, 0.3) is 5.91 Å². The number of amides is 1. The molecule has 1 atom stereocenters. The van der Waals surface area contributed by atoms with E-state index >= 15 is 0 Å². The molecule has 1 N–H and O–H groups in total. The number of nitrogens with one attached hydrogen (secondary N) is 1. The molecule has 0 bridgehead atoms. The van der Waals surface area contributed by atoms with Crippen molar-refractivity contribution < 1.29 is 9.53 Å². The van der Waals surface area contributed by atoms with Crippen LogP contribution in [-0.4, -0.2) is 49.5 Å². The van der Waals surface area contributed by atoms with E-state index in [0.29, 0.717) is 25.3 Å². The molecule has 1 aliphatic heterocycles. The number of aryl methyl sites for hydroxylation is 2. The lowest BCUT2D eigenvalue weighted by Gasteiger charge is -2.38. The van der Waals surface area contributed by atoms with Crippen molar-refractivity contribution in [2.45, 2.75) is 32.7 Å². The summed E-state index contributed by atoms with van der Waals surface area (Å²) in [5.41, 5.74) is 4.91. The molecular weight excluding hydrogens is 428 g/mol. The first-order chi connectivity index (χ1) is 16.3. The van der Waals surface area contributed by atoms with Gasteiger partial charge in [-0.25, -0.2) is 4.98 Å². The fourth-order valence-corrected chi connectivity index (χ4v) is 4.54. The SMILES string of the molecule is Cn1ccc(-c2ccc(Cc3cc(C(=O)NC4CCOCC4(C)C)nc4c3ccn4C)cn2)n1. The lowest BCUT2D eigenvalue weighted by atomic mass is 9.82. The molecule has 4 aromatic rings. The molecule has 0 aliphatic carbocycles. The van der Waals surface area contributed by atoms with Gasteiger partial charge in [0.05, 0.1) is 12.3 Å². The van der Waals surface area contributed by atoms with Gasteiger partial charge in [-0.1, -0.05) is 19.9 Å². The minimum Gasteiger partial charge on any atom is -0.381 e. The first-order valence-electron chi connectivity index (χ1n) is 11.6. The van der Waals surface area contributed by atoms with Crippen molar-refractivity contribution >= 4 is 16.9 Å². The summed E-state index contributed by atoms with van der Waals surface area (Å²) in [4.78, 5) is 22.5. The van der Waals surface area contributed by atoms with E-state index in [0.717, 1.165) is 40.0 Å². The average molecular weight is 459 g/mol. The summed E-state index contributed by atoms with van der Waals surface area (Å²) in [6, 6.07) is 10.0. The van der Waals surface area contributed by atoms with Gasteiger partial charge in [0.1, 0.15) is 17.0 Å². The Bertz CT molecular complexity index is 1340. The predicted octanol–water partition coefficient (Wildman–Crippen LogP) is 3.50. The van der Waals surface area contributed by atoms with Gasteiger partial charge < -0.3 is 14.6 Å². The Morgan fingerprint density at radius 2 is 2.03 bits per heavy atom. The number of ether oxygens (including phenoxy) is 1. The third-order valence-corrected chi connectivity index (χ3v) is 6.62. The monoisotopic (exact) mass is 458 g/mol. The molecule has 0 saturated carbocycles. The molecule has 0 spiro atoms. The van der Waals surface area contributed by atoms with Crippen molar-refractivity contribution in [2.75, 3.05) is 13.2 Å².